The van der Waals surface area contributed by atoms with Crippen LogP contribution in [0.2, 0.25) is 0 Å². The van der Waals surface area contributed by atoms with Gasteiger partial charge < -0.3 is 40.2 Å². The van der Waals surface area contributed by atoms with Gasteiger partial charge in [-0.3, -0.25) is 0 Å². The normalized spacial score (nSPS) is 15.0. The van der Waals surface area contributed by atoms with Crippen molar-refractivity contribution in [3.05, 3.63) is 144 Å². The molecule has 1 heterocycles. The number of halogens is 5. The predicted molar refractivity (Wildman–Crippen MR) is 193 cm³/mol. The summed E-state index contributed by atoms with van der Waals surface area (Å²) in [4.78, 5) is 0. The van der Waals surface area contributed by atoms with Gasteiger partial charge in [0, 0.05) is 28.8 Å². The summed E-state index contributed by atoms with van der Waals surface area (Å²) in [5.41, 5.74) is 4.82. The van der Waals surface area contributed by atoms with Crippen molar-refractivity contribution < 1.29 is 0 Å². The van der Waals surface area contributed by atoms with Gasteiger partial charge in [-0.1, -0.05) is 133 Å². The number of benzene rings is 4. The fraction of sp³-hybridized carbons (Fsp3) is 0.176. The van der Waals surface area contributed by atoms with Gasteiger partial charge in [0.05, 0.1) is 5.03 Å². The molecule has 1 aliphatic rings. The first-order chi connectivity index (χ1) is 20.0. The van der Waals surface area contributed by atoms with Crippen LogP contribution in [-0.2, 0) is 0 Å². The number of nitrogens with zero attached hydrogens (tertiary/aromatic N) is 1. The summed E-state index contributed by atoms with van der Waals surface area (Å²) in [5.74, 6) is 0. The maximum absolute atomic E-state index is 7.54. The Morgan fingerprint density at radius 1 is 0.548 bits per heavy atom. The van der Waals surface area contributed by atoms with Gasteiger partial charge in [0.2, 0.25) is 0 Å². The molecule has 5 rings (SSSR count). The molecule has 218 valence electrons. The van der Waals surface area contributed by atoms with E-state index in [1.807, 2.05) is 0 Å². The van der Waals surface area contributed by atoms with Crippen LogP contribution in [0.1, 0.15) is 49.9 Å². The van der Waals surface area contributed by atoms with Crippen molar-refractivity contribution in [1.82, 2.24) is 4.67 Å². The molecule has 42 heavy (non-hydrogen) atoms. The molecular formula is C34H34AlCl5NP. The third-order valence-corrected chi connectivity index (χ3v) is 12.2. The van der Waals surface area contributed by atoms with E-state index in [0.717, 1.165) is 10.6 Å². The molecule has 1 aliphatic heterocycles. The molecule has 0 saturated carbocycles. The first-order valence-corrected chi connectivity index (χ1v) is 23.0. The monoisotopic (exact) mass is 689 g/mol. The fourth-order valence-corrected chi connectivity index (χ4v) is 11.8. The zero-order valence-electron chi connectivity index (χ0n) is 24.1. The lowest BCUT2D eigenvalue weighted by molar-refractivity contribution is 0.326. The largest absolute Gasteiger partial charge is 0.564 e. The Hall–Kier alpha value is -1.27. The van der Waals surface area contributed by atoms with Crippen LogP contribution in [0, 0.1) is 0 Å². The molecule has 0 fully saturated rings. The summed E-state index contributed by atoms with van der Waals surface area (Å²) in [6.45, 7) is 9.29. The SMILES string of the molecule is CC(C)N(C(C)C)[P+]1(/C(=C(\Cl)c2ccccc2)c2ccccc2)C(c2ccccc2)=C1c1ccccc1.[Cl][Al-]([Cl])([Cl])[Cl]. The maximum Gasteiger partial charge on any atom is 0.564 e. The van der Waals surface area contributed by atoms with Crippen molar-refractivity contribution >= 4 is 89.6 Å². The molecule has 8 heteroatoms. The van der Waals surface area contributed by atoms with Gasteiger partial charge >= 0.3 is 9.39 Å². The van der Waals surface area contributed by atoms with E-state index in [9.17, 15) is 0 Å². The van der Waals surface area contributed by atoms with Crippen molar-refractivity contribution in [1.29, 1.82) is 0 Å². The van der Waals surface area contributed by atoms with Crippen LogP contribution in [-0.4, -0.2) is 26.1 Å². The fourth-order valence-electron chi connectivity index (χ4n) is 5.71. The highest BCUT2D eigenvalue weighted by Crippen LogP contribution is 3.01. The summed E-state index contributed by atoms with van der Waals surface area (Å²) < 4.78 is 2.76. The van der Waals surface area contributed by atoms with E-state index in [1.54, 1.807) is 0 Å². The highest BCUT2D eigenvalue weighted by Gasteiger charge is 2.73. The molecule has 0 spiro atoms. The molecule has 0 unspecified atom stereocenters. The van der Waals surface area contributed by atoms with E-state index >= 15 is 0 Å². The van der Waals surface area contributed by atoms with Crippen LogP contribution in [0.3, 0.4) is 0 Å². The van der Waals surface area contributed by atoms with Gasteiger partial charge in [-0.15, -0.1) is 0 Å². The molecule has 1 nitrogen and oxygen atoms in total. The smallest absolute Gasteiger partial charge is 0.391 e. The van der Waals surface area contributed by atoms with Crippen molar-refractivity contribution in [2.45, 2.75) is 39.8 Å². The third kappa shape index (κ3) is 7.68. The lowest BCUT2D eigenvalue weighted by atomic mass is 10.1. The summed E-state index contributed by atoms with van der Waals surface area (Å²) in [6, 6.07) is 43.8. The van der Waals surface area contributed by atoms with E-state index in [0.29, 0.717) is 12.1 Å². The van der Waals surface area contributed by atoms with Crippen LogP contribution in [0.25, 0.3) is 21.0 Å². The molecule has 0 N–H and O–H groups in total. The summed E-state index contributed by atoms with van der Waals surface area (Å²) in [7, 11) is 14.8. The van der Waals surface area contributed by atoms with Crippen molar-refractivity contribution in [3.8, 4) is 0 Å². The minimum absolute atomic E-state index is 0.326. The maximum atomic E-state index is 7.54. The van der Waals surface area contributed by atoms with Gasteiger partial charge in [-0.2, -0.15) is 4.67 Å². The number of rotatable bonds is 8. The number of hydrogen-bond acceptors (Lipinski definition) is 1. The second-order valence-corrected chi connectivity index (χ2v) is 26.8. The molecule has 0 aromatic heterocycles. The lowest BCUT2D eigenvalue weighted by Crippen LogP contribution is -2.34. The zero-order chi connectivity index (χ0) is 30.5. The second kappa shape index (κ2) is 14.7. The summed E-state index contributed by atoms with van der Waals surface area (Å²) >= 11 is 7.54. The van der Waals surface area contributed by atoms with E-state index in [4.69, 9.17) is 51.8 Å². The molecule has 0 radical (unpaired) electrons. The van der Waals surface area contributed by atoms with Gasteiger partial charge in [0.25, 0.3) is 0 Å². The molecule has 0 aliphatic carbocycles. The minimum Gasteiger partial charge on any atom is -0.391 e. The highest BCUT2D eigenvalue weighted by atomic mass is 35.9. The Labute approximate surface area is 275 Å². The molecular weight excluding hydrogens is 658 g/mol. The van der Waals surface area contributed by atoms with Crippen molar-refractivity contribution in [2.24, 2.45) is 0 Å². The summed E-state index contributed by atoms with van der Waals surface area (Å²) in [5, 5.41) is 4.97. The zero-order valence-corrected chi connectivity index (χ0v) is 29.9. The Morgan fingerprint density at radius 2 is 0.857 bits per heavy atom. The molecule has 0 amide bonds. The summed E-state index contributed by atoms with van der Waals surface area (Å²) in [6.07, 6.45) is 0. The average molecular weight is 692 g/mol. The minimum atomic E-state index is -2.94. The average Bonchev–Trinajstić information content (AvgIpc) is 3.62. The van der Waals surface area contributed by atoms with Crippen LogP contribution in [0.5, 0.6) is 0 Å². The first-order valence-electron chi connectivity index (χ1n) is 13.9. The molecule has 0 saturated heterocycles. The van der Waals surface area contributed by atoms with Crippen molar-refractivity contribution in [3.63, 3.8) is 0 Å². The van der Waals surface area contributed by atoms with E-state index in [1.165, 1.54) is 32.6 Å². The van der Waals surface area contributed by atoms with Gasteiger partial charge in [0.15, 0.2) is 18.0 Å². The van der Waals surface area contributed by atoms with Crippen molar-refractivity contribution in [2.75, 3.05) is 0 Å². The molecule has 0 bridgehead atoms. The Bertz CT molecular complexity index is 1460. The molecule has 4 aromatic carbocycles. The third-order valence-electron chi connectivity index (χ3n) is 6.93. The Morgan fingerprint density at radius 3 is 1.19 bits per heavy atom. The topological polar surface area (TPSA) is 3.24 Å². The van der Waals surface area contributed by atoms with Gasteiger partial charge in [0.1, 0.15) is 5.31 Å². The van der Waals surface area contributed by atoms with E-state index < -0.39 is 16.8 Å². The quantitative estimate of drug-likeness (QED) is 0.101. The first kappa shape index (κ1) is 33.6. The van der Waals surface area contributed by atoms with E-state index in [2.05, 4.69) is 154 Å². The molecule has 0 atom stereocenters. The standard InChI is InChI=1S/C34H34ClNP.Al.4ClH/c1-25(2)36(26(3)4)37(32(28-19-11-6-12-20-28)31(35)27-17-9-5-10-18-27)33(29-21-13-7-14-22-29)34(37)30-23-15-8-16-24-30;;;;;/h5-26H,1-4H3;;4*1H/q+1;+3;;;;/p-4/b32-31-;;;;;. The highest BCUT2D eigenvalue weighted by molar-refractivity contribution is 8.09. The van der Waals surface area contributed by atoms with Gasteiger partial charge in [-0.05, 0) is 33.3 Å². The van der Waals surface area contributed by atoms with Crippen LogP contribution in [0.15, 0.2) is 121 Å². The predicted octanol–water partition coefficient (Wildman–Crippen LogP) is 12.7. The van der Waals surface area contributed by atoms with Crippen LogP contribution >= 0.6 is 59.2 Å². The lowest BCUT2D eigenvalue weighted by Gasteiger charge is -2.35. The number of hydrogen-bond donors (Lipinski definition) is 0. The van der Waals surface area contributed by atoms with Crippen LogP contribution in [0.4, 0.5) is 0 Å². The van der Waals surface area contributed by atoms with E-state index in [-0.39, 0.29) is 0 Å². The molecule has 4 aromatic rings. The second-order valence-electron chi connectivity index (χ2n) is 10.5. The van der Waals surface area contributed by atoms with Crippen LogP contribution < -0.4 is 0 Å². The Kier molecular flexibility index (Phi) is 11.7. The van der Waals surface area contributed by atoms with Gasteiger partial charge in [-0.25, -0.2) is 0 Å². The Balaban J connectivity index is 0.000000748.